The molecule has 0 saturated carbocycles. The van der Waals surface area contributed by atoms with Crippen molar-refractivity contribution in [3.8, 4) is 5.75 Å². The first-order chi connectivity index (χ1) is 16.5. The van der Waals surface area contributed by atoms with E-state index in [1.165, 1.54) is 7.11 Å². The Morgan fingerprint density at radius 2 is 1.74 bits per heavy atom. The summed E-state index contributed by atoms with van der Waals surface area (Å²) in [5.74, 6) is -1.12. The summed E-state index contributed by atoms with van der Waals surface area (Å²) in [5, 5.41) is 10.3. The van der Waals surface area contributed by atoms with Crippen LogP contribution >= 0.6 is 0 Å². The van der Waals surface area contributed by atoms with Gasteiger partial charge in [0.05, 0.1) is 24.3 Å². The number of aromatic amines is 1. The molecule has 1 aliphatic rings. The van der Waals surface area contributed by atoms with Crippen molar-refractivity contribution in [3.63, 3.8) is 0 Å². The zero-order valence-corrected chi connectivity index (χ0v) is 18.2. The van der Waals surface area contributed by atoms with Crippen LogP contribution in [0.2, 0.25) is 0 Å². The van der Waals surface area contributed by atoms with Gasteiger partial charge in [0.15, 0.2) is 0 Å². The molecule has 0 bridgehead atoms. The number of amides is 2. The van der Waals surface area contributed by atoms with Crippen molar-refractivity contribution in [2.75, 3.05) is 23.1 Å². The molecular weight excluding hydrogens is 434 g/mol. The van der Waals surface area contributed by atoms with Gasteiger partial charge in [0.25, 0.3) is 5.56 Å². The first-order valence-electron chi connectivity index (χ1n) is 10.7. The van der Waals surface area contributed by atoms with Crippen LogP contribution in [0.15, 0.2) is 71.5 Å². The molecule has 0 saturated heterocycles. The zero-order chi connectivity index (χ0) is 23.7. The Balaban J connectivity index is 1.47. The molecule has 0 fully saturated rings. The van der Waals surface area contributed by atoms with Crippen LogP contribution in [0.3, 0.4) is 0 Å². The Morgan fingerprint density at radius 1 is 1.00 bits per heavy atom. The molecule has 1 aliphatic heterocycles. The summed E-state index contributed by atoms with van der Waals surface area (Å²) >= 11 is 0. The van der Waals surface area contributed by atoms with Gasteiger partial charge in [-0.3, -0.25) is 19.4 Å². The van der Waals surface area contributed by atoms with E-state index >= 15 is 0 Å². The summed E-state index contributed by atoms with van der Waals surface area (Å²) < 4.78 is 5.31. The van der Waals surface area contributed by atoms with Crippen LogP contribution in [0.4, 0.5) is 23.1 Å². The third-order valence-corrected chi connectivity index (χ3v) is 5.68. The number of H-pyrrole nitrogens is 1. The van der Waals surface area contributed by atoms with E-state index in [4.69, 9.17) is 4.74 Å². The van der Waals surface area contributed by atoms with Crippen LogP contribution in [-0.2, 0) is 9.59 Å². The van der Waals surface area contributed by atoms with Crippen LogP contribution in [0.5, 0.6) is 5.75 Å². The first-order valence-corrected chi connectivity index (χ1v) is 10.7. The number of benzene rings is 3. The fraction of sp³-hybridized carbons (Fsp3) is 0.120. The predicted molar refractivity (Wildman–Crippen MR) is 130 cm³/mol. The number of methoxy groups -OCH3 is 1. The molecule has 9 heteroatoms. The highest BCUT2D eigenvalue weighted by Gasteiger charge is 2.35. The molecule has 34 heavy (non-hydrogen) atoms. The third kappa shape index (κ3) is 3.95. The van der Waals surface area contributed by atoms with Gasteiger partial charge in [-0.25, -0.2) is 0 Å². The van der Waals surface area contributed by atoms with E-state index in [1.807, 2.05) is 42.5 Å². The molecule has 1 atom stereocenters. The number of nitrogens with one attached hydrogen (secondary N) is 4. The van der Waals surface area contributed by atoms with E-state index < -0.39 is 23.3 Å². The minimum Gasteiger partial charge on any atom is -0.495 e. The number of aromatic nitrogens is 2. The second kappa shape index (κ2) is 8.70. The number of para-hydroxylation sites is 2. The summed E-state index contributed by atoms with van der Waals surface area (Å²) in [6.07, 6.45) is -0.159. The predicted octanol–water partition coefficient (Wildman–Crippen LogP) is 3.74. The number of carbonyl (C=O) groups is 2. The lowest BCUT2D eigenvalue weighted by Crippen LogP contribution is -2.36. The molecule has 0 radical (unpaired) electrons. The van der Waals surface area contributed by atoms with E-state index in [-0.39, 0.29) is 23.8 Å². The fourth-order valence-electron chi connectivity index (χ4n) is 4.08. The van der Waals surface area contributed by atoms with E-state index in [0.29, 0.717) is 17.1 Å². The highest BCUT2D eigenvalue weighted by Crippen LogP contribution is 2.32. The van der Waals surface area contributed by atoms with E-state index in [9.17, 15) is 14.4 Å². The molecule has 2 amide bonds. The molecular formula is C25H21N5O4. The summed E-state index contributed by atoms with van der Waals surface area (Å²) in [6.45, 7) is 0. The number of anilines is 4. The van der Waals surface area contributed by atoms with Crippen LogP contribution < -0.4 is 26.2 Å². The Kier molecular flexibility index (Phi) is 5.43. The van der Waals surface area contributed by atoms with E-state index in [0.717, 1.165) is 10.8 Å². The Bertz CT molecular complexity index is 1470. The lowest BCUT2D eigenvalue weighted by atomic mass is 9.92. The molecule has 1 aromatic heterocycles. The van der Waals surface area contributed by atoms with Crippen molar-refractivity contribution in [2.24, 2.45) is 0 Å². The molecule has 4 aromatic rings. The number of hydrogen-bond acceptors (Lipinski definition) is 6. The monoisotopic (exact) mass is 455 g/mol. The van der Waals surface area contributed by atoms with Gasteiger partial charge in [0, 0.05) is 17.5 Å². The molecule has 5 rings (SSSR count). The van der Waals surface area contributed by atoms with Crippen molar-refractivity contribution >= 4 is 45.7 Å². The van der Waals surface area contributed by atoms with Crippen molar-refractivity contribution in [1.29, 1.82) is 0 Å². The number of ether oxygens (including phenoxy) is 1. The average Bonchev–Trinajstić information content (AvgIpc) is 2.84. The van der Waals surface area contributed by atoms with Gasteiger partial charge in [-0.1, -0.05) is 48.5 Å². The Labute approximate surface area is 194 Å². The van der Waals surface area contributed by atoms with Gasteiger partial charge < -0.3 is 20.7 Å². The molecule has 0 aliphatic carbocycles. The summed E-state index contributed by atoms with van der Waals surface area (Å²) in [5.41, 5.74) is 0.790. The number of carbonyl (C=O) groups excluding carboxylic acids is 2. The number of nitrogens with zero attached hydrogens (tertiary/aromatic N) is 1. The highest BCUT2D eigenvalue weighted by molar-refractivity contribution is 6.08. The van der Waals surface area contributed by atoms with Crippen LogP contribution in [0.1, 0.15) is 17.9 Å². The smallest absolute Gasteiger partial charge is 0.258 e. The Hall–Kier alpha value is -4.66. The van der Waals surface area contributed by atoms with Crippen LogP contribution in [0, 0.1) is 0 Å². The van der Waals surface area contributed by atoms with E-state index in [2.05, 4.69) is 25.9 Å². The average molecular weight is 455 g/mol. The lowest BCUT2D eigenvalue weighted by molar-refractivity contribution is -0.123. The second-order valence-electron chi connectivity index (χ2n) is 7.82. The number of fused-ring (bicyclic) bond motifs is 2. The molecule has 2 heterocycles. The van der Waals surface area contributed by atoms with Gasteiger partial charge in [-0.05, 0) is 23.6 Å². The van der Waals surface area contributed by atoms with Gasteiger partial charge in [-0.2, -0.15) is 4.98 Å². The zero-order valence-electron chi connectivity index (χ0n) is 18.2. The standard InChI is InChI=1S/C25H21N5O4/c1-34-19-12-5-4-10-18(19)27-25-29-22-21(24(33)30-25)16(13-20(31)28-22)23(32)26-17-11-6-8-14-7-2-3-9-15(14)17/h2-12,16H,13H2,1H3,(H,26,32)(H3,27,28,29,30,31,33)/t16-/m0/s1. The molecule has 0 spiro atoms. The van der Waals surface area contributed by atoms with Crippen molar-refractivity contribution in [3.05, 3.63) is 82.6 Å². The SMILES string of the molecule is COc1ccccc1Nc1nc2c(c(=O)[nH]1)[C@@H](C(=O)Nc1cccc3ccccc13)CC(=O)N2. The molecule has 9 nitrogen and oxygen atoms in total. The summed E-state index contributed by atoms with van der Waals surface area (Å²) in [6, 6.07) is 20.3. The maximum absolute atomic E-state index is 13.2. The molecule has 4 N–H and O–H groups in total. The van der Waals surface area contributed by atoms with Gasteiger partial charge >= 0.3 is 0 Å². The second-order valence-corrected chi connectivity index (χ2v) is 7.82. The molecule has 170 valence electrons. The largest absolute Gasteiger partial charge is 0.495 e. The van der Waals surface area contributed by atoms with Gasteiger partial charge in [-0.15, -0.1) is 0 Å². The highest BCUT2D eigenvalue weighted by atomic mass is 16.5. The van der Waals surface area contributed by atoms with Crippen molar-refractivity contribution in [2.45, 2.75) is 12.3 Å². The lowest BCUT2D eigenvalue weighted by Gasteiger charge is -2.24. The maximum Gasteiger partial charge on any atom is 0.258 e. The first kappa shape index (κ1) is 21.2. The van der Waals surface area contributed by atoms with Gasteiger partial charge in [0.1, 0.15) is 11.6 Å². The fourth-order valence-corrected chi connectivity index (χ4v) is 4.08. The molecule has 0 unspecified atom stereocenters. The van der Waals surface area contributed by atoms with Crippen molar-refractivity contribution in [1.82, 2.24) is 9.97 Å². The van der Waals surface area contributed by atoms with E-state index in [1.54, 1.807) is 24.3 Å². The maximum atomic E-state index is 13.2. The molecule has 3 aromatic carbocycles. The minimum absolute atomic E-state index is 0.0514. The Morgan fingerprint density at radius 3 is 2.59 bits per heavy atom. The minimum atomic E-state index is -0.987. The van der Waals surface area contributed by atoms with Crippen LogP contribution in [-0.4, -0.2) is 28.9 Å². The number of rotatable bonds is 5. The third-order valence-electron chi connectivity index (χ3n) is 5.68. The summed E-state index contributed by atoms with van der Waals surface area (Å²) in [7, 11) is 1.53. The normalized spacial score (nSPS) is 14.7. The topological polar surface area (TPSA) is 125 Å². The number of hydrogen-bond donors (Lipinski definition) is 4. The summed E-state index contributed by atoms with van der Waals surface area (Å²) in [4.78, 5) is 45.7. The van der Waals surface area contributed by atoms with Crippen molar-refractivity contribution < 1.29 is 14.3 Å². The quantitative estimate of drug-likeness (QED) is 0.363. The van der Waals surface area contributed by atoms with Crippen LogP contribution in [0.25, 0.3) is 10.8 Å². The van der Waals surface area contributed by atoms with Gasteiger partial charge in [0.2, 0.25) is 17.8 Å².